The van der Waals surface area contributed by atoms with E-state index in [9.17, 15) is 28.8 Å². The van der Waals surface area contributed by atoms with Crippen molar-refractivity contribution in [3.05, 3.63) is 83.0 Å². The summed E-state index contributed by atoms with van der Waals surface area (Å²) in [5.41, 5.74) is 3.03. The number of esters is 2. The van der Waals surface area contributed by atoms with Gasteiger partial charge in [-0.1, -0.05) is 38.8 Å². The normalized spacial score (nSPS) is 18.2. The van der Waals surface area contributed by atoms with Crippen LogP contribution in [0, 0.1) is 0 Å². The minimum atomic E-state index is -0.423. The highest BCUT2D eigenvalue weighted by Crippen LogP contribution is 2.44. The molecule has 2 aliphatic heterocycles. The number of unbranched alkanes of at least 4 members (excludes halogenated alkanes) is 5. The fourth-order valence-electron chi connectivity index (χ4n) is 10.0. The second-order valence-electron chi connectivity index (χ2n) is 19.5. The van der Waals surface area contributed by atoms with Crippen LogP contribution in [0.15, 0.2) is 49.6 Å². The molecule has 0 aliphatic carbocycles. The Balaban J connectivity index is 1.32. The molecule has 2 aromatic rings. The molecule has 2 heterocycles. The minimum absolute atomic E-state index is 0.0416. The Bertz CT molecular complexity index is 1780. The van der Waals surface area contributed by atoms with Gasteiger partial charge in [0.05, 0.1) is 0 Å². The summed E-state index contributed by atoms with van der Waals surface area (Å²) in [4.78, 5) is 75.8. The van der Waals surface area contributed by atoms with E-state index in [4.69, 9.17) is 9.47 Å². The lowest BCUT2D eigenvalue weighted by molar-refractivity contribution is -0.135. The molecule has 0 radical (unpaired) electrons. The zero-order chi connectivity index (χ0) is 44.5. The summed E-state index contributed by atoms with van der Waals surface area (Å²) in [6.45, 7) is 24.4. The number of rotatable bonds is 21. The monoisotopic (exact) mass is 824 g/mol. The van der Waals surface area contributed by atoms with Crippen molar-refractivity contribution >= 4 is 36.1 Å². The number of hydrogen-bond donors (Lipinski definition) is 2. The lowest BCUT2D eigenvalue weighted by atomic mass is 9.71. The Kier molecular flexibility index (Phi) is 16.3. The molecule has 10 heteroatoms. The van der Waals surface area contributed by atoms with Gasteiger partial charge in [-0.15, -0.1) is 0 Å². The molecule has 2 saturated heterocycles. The van der Waals surface area contributed by atoms with Gasteiger partial charge < -0.3 is 29.7 Å². The SMILES string of the molecule is C=CC(=O)c1cc(OC(=O)CCCCCCCCC(=O)Oc2cc(C(=O)C=C)cc(C3CC(C)(C)NC(C)(C)C3)c2CC=O)c(CC=O)c(C2CC(C)(C)NC(C)(C)C2)c1. The maximum Gasteiger partial charge on any atom is 0.311 e. The van der Waals surface area contributed by atoms with E-state index >= 15 is 0 Å². The molecule has 10 nitrogen and oxygen atoms in total. The van der Waals surface area contributed by atoms with Crippen molar-refractivity contribution in [3.63, 3.8) is 0 Å². The van der Waals surface area contributed by atoms with Gasteiger partial charge >= 0.3 is 11.9 Å². The van der Waals surface area contributed by atoms with Gasteiger partial charge in [-0.3, -0.25) is 19.2 Å². The van der Waals surface area contributed by atoms with Crippen molar-refractivity contribution in [3.8, 4) is 11.5 Å². The summed E-state index contributed by atoms with van der Waals surface area (Å²) < 4.78 is 11.8. The van der Waals surface area contributed by atoms with Crippen LogP contribution in [-0.2, 0) is 32.0 Å². The van der Waals surface area contributed by atoms with Gasteiger partial charge in [0.1, 0.15) is 24.1 Å². The summed E-state index contributed by atoms with van der Waals surface area (Å²) in [5, 5.41) is 7.36. The Labute approximate surface area is 357 Å². The molecule has 0 atom stereocenters. The zero-order valence-corrected chi connectivity index (χ0v) is 37.4. The molecule has 0 aromatic heterocycles. The molecule has 0 amide bonds. The van der Waals surface area contributed by atoms with Gasteiger partial charge in [0.15, 0.2) is 11.6 Å². The number of carbonyl (C=O) groups is 6. The van der Waals surface area contributed by atoms with Crippen LogP contribution in [-0.4, -0.2) is 58.2 Å². The number of nitrogens with one attached hydrogen (secondary N) is 2. The van der Waals surface area contributed by atoms with Crippen LogP contribution in [0.5, 0.6) is 11.5 Å². The molecule has 0 bridgehead atoms. The molecule has 0 saturated carbocycles. The van der Waals surface area contributed by atoms with Crippen molar-refractivity contribution in [1.82, 2.24) is 10.6 Å². The van der Waals surface area contributed by atoms with Crippen LogP contribution >= 0.6 is 0 Å². The summed E-state index contributed by atoms with van der Waals surface area (Å²) in [6, 6.07) is 6.79. The van der Waals surface area contributed by atoms with E-state index in [1.165, 1.54) is 12.2 Å². The number of hydrogen-bond acceptors (Lipinski definition) is 10. The number of aldehydes is 2. The number of ether oxygens (including phenoxy) is 2. The Hall–Kier alpha value is -4.54. The maximum absolute atomic E-state index is 13.2. The fourth-order valence-corrected chi connectivity index (χ4v) is 10.0. The first-order valence-corrected chi connectivity index (χ1v) is 21.7. The molecular weight excluding hydrogens is 757 g/mol. The van der Waals surface area contributed by atoms with Gasteiger partial charge in [0.25, 0.3) is 0 Å². The van der Waals surface area contributed by atoms with Crippen molar-refractivity contribution in [2.24, 2.45) is 0 Å². The minimum Gasteiger partial charge on any atom is -0.426 e. The van der Waals surface area contributed by atoms with E-state index in [2.05, 4.69) is 79.2 Å². The predicted molar refractivity (Wildman–Crippen MR) is 236 cm³/mol. The van der Waals surface area contributed by atoms with Gasteiger partial charge in [-0.25, -0.2) is 0 Å². The van der Waals surface area contributed by atoms with Crippen molar-refractivity contribution in [1.29, 1.82) is 0 Å². The van der Waals surface area contributed by atoms with Crippen LogP contribution < -0.4 is 20.1 Å². The van der Waals surface area contributed by atoms with Crippen molar-refractivity contribution in [2.45, 2.75) is 179 Å². The molecule has 0 unspecified atom stereocenters. The topological polar surface area (TPSA) is 145 Å². The van der Waals surface area contributed by atoms with Gasteiger partial charge in [0.2, 0.25) is 0 Å². The average molecular weight is 825 g/mol. The molecule has 2 aromatic carbocycles. The maximum atomic E-state index is 13.2. The van der Waals surface area contributed by atoms with Crippen LogP contribution in [0.3, 0.4) is 0 Å². The van der Waals surface area contributed by atoms with Crippen LogP contribution in [0.2, 0.25) is 0 Å². The second kappa shape index (κ2) is 20.3. The first-order chi connectivity index (χ1) is 28.1. The smallest absolute Gasteiger partial charge is 0.311 e. The highest BCUT2D eigenvalue weighted by molar-refractivity contribution is 6.05. The molecule has 0 spiro atoms. The van der Waals surface area contributed by atoms with Gasteiger partial charge in [-0.05, 0) is 153 Å². The lowest BCUT2D eigenvalue weighted by Gasteiger charge is -2.47. The van der Waals surface area contributed by atoms with Crippen molar-refractivity contribution < 1.29 is 38.2 Å². The summed E-state index contributed by atoms with van der Waals surface area (Å²) >= 11 is 0. The van der Waals surface area contributed by atoms with E-state index in [0.717, 1.165) is 75.1 Å². The highest BCUT2D eigenvalue weighted by atomic mass is 16.5. The average Bonchev–Trinajstić information content (AvgIpc) is 3.13. The Morgan fingerprint density at radius 1 is 0.567 bits per heavy atom. The number of allylic oxidation sites excluding steroid dienone is 2. The van der Waals surface area contributed by atoms with Crippen LogP contribution in [0.1, 0.15) is 187 Å². The van der Waals surface area contributed by atoms with Gasteiger partial charge in [0, 0.05) is 70.1 Å². The van der Waals surface area contributed by atoms with Crippen LogP contribution in [0.25, 0.3) is 0 Å². The third-order valence-electron chi connectivity index (χ3n) is 11.7. The number of benzene rings is 2. The number of ketones is 2. The Morgan fingerprint density at radius 2 is 0.883 bits per heavy atom. The second-order valence-corrected chi connectivity index (χ2v) is 19.5. The third kappa shape index (κ3) is 13.5. The first kappa shape index (κ1) is 48.1. The van der Waals surface area contributed by atoms with E-state index in [-0.39, 0.29) is 82.7 Å². The van der Waals surface area contributed by atoms with E-state index in [1.807, 2.05) is 12.1 Å². The van der Waals surface area contributed by atoms with Crippen molar-refractivity contribution in [2.75, 3.05) is 0 Å². The molecule has 60 heavy (non-hydrogen) atoms. The largest absolute Gasteiger partial charge is 0.426 e. The number of piperidine rings is 2. The molecule has 2 aliphatic rings. The zero-order valence-electron chi connectivity index (χ0n) is 37.4. The molecule has 2 fully saturated rings. The molecule has 2 N–H and O–H groups in total. The molecule has 326 valence electrons. The highest BCUT2D eigenvalue weighted by Gasteiger charge is 2.41. The quantitative estimate of drug-likeness (QED) is 0.0312. The third-order valence-corrected chi connectivity index (χ3v) is 11.7. The van der Waals surface area contributed by atoms with Crippen LogP contribution in [0.4, 0.5) is 0 Å². The summed E-state index contributed by atoms with van der Waals surface area (Å²) in [7, 11) is 0. The lowest BCUT2D eigenvalue weighted by Crippen LogP contribution is -2.57. The fraction of sp³-hybridized carbons (Fsp3) is 0.560. The molecular formula is C50H68N2O8. The van der Waals surface area contributed by atoms with E-state index < -0.39 is 11.9 Å². The molecule has 4 rings (SSSR count). The van der Waals surface area contributed by atoms with E-state index in [1.54, 1.807) is 12.1 Å². The summed E-state index contributed by atoms with van der Waals surface area (Å²) in [5.74, 6) is -0.813. The summed E-state index contributed by atoms with van der Waals surface area (Å²) in [6.07, 6.45) is 12.2. The predicted octanol–water partition coefficient (Wildman–Crippen LogP) is 9.59. The Morgan fingerprint density at radius 3 is 1.18 bits per heavy atom. The first-order valence-electron chi connectivity index (χ1n) is 21.7. The number of carbonyl (C=O) groups excluding carboxylic acids is 6. The van der Waals surface area contributed by atoms with Gasteiger partial charge in [-0.2, -0.15) is 0 Å². The standard InChI is InChI=1S/C50H68N2O8/c1-11-41(55)33-25-39(35-29-47(3,4)51-48(5,6)30-35)37(21-23-53)43(27-33)59-45(57)19-17-15-13-14-16-18-20-46(58)60-44-28-34(42(56)12-2)26-40(38(44)22-24-54)36-31-49(7,8)52-50(9,10)32-36/h11-12,23-28,35-36,51-52H,1-2,13-22,29-32H2,3-10H3. The van der Waals surface area contributed by atoms with E-state index in [0.29, 0.717) is 35.1 Å².